The monoisotopic (exact) mass is 358 g/mol. The molecule has 5 heteroatoms. The summed E-state index contributed by atoms with van der Waals surface area (Å²) in [6.45, 7) is 7.42. The van der Waals surface area contributed by atoms with Gasteiger partial charge in [-0.1, -0.05) is 24.3 Å². The van der Waals surface area contributed by atoms with Crippen LogP contribution in [0, 0.1) is 6.92 Å². The number of aryl methyl sites for hydroxylation is 1. The van der Waals surface area contributed by atoms with Gasteiger partial charge in [-0.2, -0.15) is 0 Å². The Balaban J connectivity index is 1.51. The fraction of sp³-hybridized carbons (Fsp3) is 0.227. The summed E-state index contributed by atoms with van der Waals surface area (Å²) in [5.74, 6) is 1.93. The van der Waals surface area contributed by atoms with E-state index in [9.17, 15) is 0 Å². The Morgan fingerprint density at radius 3 is 2.96 bits per heavy atom. The minimum Gasteiger partial charge on any atom is -0.493 e. The van der Waals surface area contributed by atoms with E-state index in [1.165, 1.54) is 11.1 Å². The number of hydrogen-bond donors (Lipinski definition) is 1. The first-order valence-corrected chi connectivity index (χ1v) is 9.10. The zero-order valence-electron chi connectivity index (χ0n) is 15.4. The highest BCUT2D eigenvalue weighted by molar-refractivity contribution is 5.61. The molecule has 1 aromatic carbocycles. The predicted molar refractivity (Wildman–Crippen MR) is 107 cm³/mol. The largest absolute Gasteiger partial charge is 0.493 e. The van der Waals surface area contributed by atoms with Crippen LogP contribution in [-0.2, 0) is 6.42 Å². The van der Waals surface area contributed by atoms with Crippen LogP contribution < -0.4 is 10.1 Å². The molecule has 0 bridgehead atoms. The summed E-state index contributed by atoms with van der Waals surface area (Å²) in [4.78, 5) is 13.0. The third-order valence-electron chi connectivity index (χ3n) is 4.81. The molecule has 0 spiro atoms. The van der Waals surface area contributed by atoms with Crippen molar-refractivity contribution in [3.63, 3.8) is 0 Å². The van der Waals surface area contributed by atoms with Crippen molar-refractivity contribution >= 4 is 5.82 Å². The number of hydrogen-bond acceptors (Lipinski definition) is 5. The van der Waals surface area contributed by atoms with Gasteiger partial charge in [0.15, 0.2) is 0 Å². The first kappa shape index (κ1) is 17.2. The molecule has 0 aliphatic carbocycles. The molecule has 2 aromatic heterocycles. The molecule has 0 unspecified atom stereocenters. The van der Waals surface area contributed by atoms with Crippen molar-refractivity contribution in [2.24, 2.45) is 0 Å². The Morgan fingerprint density at radius 1 is 1.22 bits per heavy atom. The van der Waals surface area contributed by atoms with Gasteiger partial charge >= 0.3 is 0 Å². The van der Waals surface area contributed by atoms with E-state index in [0.717, 1.165) is 41.5 Å². The average molecular weight is 358 g/mol. The van der Waals surface area contributed by atoms with Gasteiger partial charge in [0.1, 0.15) is 17.9 Å². The summed E-state index contributed by atoms with van der Waals surface area (Å²) in [5, 5.41) is 3.41. The van der Waals surface area contributed by atoms with E-state index < -0.39 is 0 Å². The third-order valence-corrected chi connectivity index (χ3v) is 4.81. The van der Waals surface area contributed by atoms with E-state index in [4.69, 9.17) is 4.74 Å². The molecule has 0 radical (unpaired) electrons. The Morgan fingerprint density at radius 2 is 2.15 bits per heavy atom. The van der Waals surface area contributed by atoms with Crippen LogP contribution in [0.2, 0.25) is 0 Å². The van der Waals surface area contributed by atoms with Crippen LogP contribution in [0.25, 0.3) is 11.3 Å². The normalized spacial score (nSPS) is 13.5. The Hall–Kier alpha value is -3.21. The number of benzene rings is 1. The quantitative estimate of drug-likeness (QED) is 0.670. The minimum atomic E-state index is 0.137. The summed E-state index contributed by atoms with van der Waals surface area (Å²) in [7, 11) is 0. The number of pyridine rings is 1. The minimum absolute atomic E-state index is 0.137. The van der Waals surface area contributed by atoms with E-state index in [1.54, 1.807) is 6.33 Å². The van der Waals surface area contributed by atoms with Gasteiger partial charge < -0.3 is 10.1 Å². The Labute approximate surface area is 159 Å². The fourth-order valence-electron chi connectivity index (χ4n) is 3.30. The Kier molecular flexibility index (Phi) is 4.83. The van der Waals surface area contributed by atoms with Crippen molar-refractivity contribution in [2.75, 3.05) is 18.5 Å². The molecular formula is C22H22N4O. The number of rotatable bonds is 6. The summed E-state index contributed by atoms with van der Waals surface area (Å²) < 4.78 is 5.84. The molecule has 5 nitrogen and oxygen atoms in total. The molecule has 1 atom stereocenters. The van der Waals surface area contributed by atoms with Crippen LogP contribution in [0.4, 0.5) is 5.82 Å². The maximum absolute atomic E-state index is 5.84. The van der Waals surface area contributed by atoms with Gasteiger partial charge in [-0.3, -0.25) is 4.98 Å². The highest BCUT2D eigenvalue weighted by Crippen LogP contribution is 2.35. The van der Waals surface area contributed by atoms with E-state index in [2.05, 4.69) is 45.0 Å². The van der Waals surface area contributed by atoms with Gasteiger partial charge in [0.2, 0.25) is 0 Å². The van der Waals surface area contributed by atoms with Crippen LogP contribution in [0.1, 0.15) is 22.7 Å². The van der Waals surface area contributed by atoms with Gasteiger partial charge in [0.25, 0.3) is 0 Å². The van der Waals surface area contributed by atoms with E-state index in [0.29, 0.717) is 6.54 Å². The summed E-state index contributed by atoms with van der Waals surface area (Å²) >= 11 is 0. The van der Waals surface area contributed by atoms with Crippen molar-refractivity contribution in [3.05, 3.63) is 78.4 Å². The molecule has 1 aliphatic heterocycles. The highest BCUT2D eigenvalue weighted by atomic mass is 16.5. The molecule has 0 saturated heterocycles. The number of fused-ring (bicyclic) bond motifs is 1. The molecule has 3 aromatic rings. The SMILES string of the molecule is C=C[C@H](CNc1cc(-c2ccc(C)nc2)ncn1)c1cccc2c1OCC2. The molecule has 0 amide bonds. The number of aromatic nitrogens is 3. The fourth-order valence-corrected chi connectivity index (χ4v) is 3.30. The molecule has 0 saturated carbocycles. The first-order valence-electron chi connectivity index (χ1n) is 9.10. The standard InChI is InChI=1S/C22H22N4O/c1-3-16(19-6-4-5-17-9-10-27-22(17)19)12-24-21-11-20(25-14-26-21)18-8-7-15(2)23-13-18/h3-8,11,13-14,16H,1,9-10,12H2,2H3,(H,24,25,26)/t16-/m1/s1. The maximum atomic E-state index is 5.84. The number of nitrogens with one attached hydrogen (secondary N) is 1. The molecule has 1 aliphatic rings. The molecule has 27 heavy (non-hydrogen) atoms. The highest BCUT2D eigenvalue weighted by Gasteiger charge is 2.20. The summed E-state index contributed by atoms with van der Waals surface area (Å²) in [6.07, 6.45) is 6.33. The lowest BCUT2D eigenvalue weighted by Crippen LogP contribution is -2.12. The van der Waals surface area contributed by atoms with Crippen LogP contribution in [0.15, 0.2) is 61.6 Å². The number of anilines is 1. The van der Waals surface area contributed by atoms with E-state index in [1.807, 2.05) is 37.4 Å². The van der Waals surface area contributed by atoms with Crippen LogP contribution >= 0.6 is 0 Å². The molecular weight excluding hydrogens is 336 g/mol. The van der Waals surface area contributed by atoms with Crippen molar-refractivity contribution in [1.82, 2.24) is 15.0 Å². The molecule has 3 heterocycles. The van der Waals surface area contributed by atoms with Crippen molar-refractivity contribution in [1.29, 1.82) is 0 Å². The molecule has 136 valence electrons. The van der Waals surface area contributed by atoms with Crippen molar-refractivity contribution in [2.45, 2.75) is 19.3 Å². The zero-order valence-corrected chi connectivity index (χ0v) is 15.4. The summed E-state index contributed by atoms with van der Waals surface area (Å²) in [5.41, 5.74) is 5.25. The lowest BCUT2D eigenvalue weighted by molar-refractivity contribution is 0.352. The zero-order chi connectivity index (χ0) is 18.6. The second-order valence-electron chi connectivity index (χ2n) is 6.63. The van der Waals surface area contributed by atoms with Crippen molar-refractivity contribution < 1.29 is 4.74 Å². The smallest absolute Gasteiger partial charge is 0.129 e. The number of ether oxygens (including phenoxy) is 1. The van der Waals surface area contributed by atoms with Gasteiger partial charge in [-0.25, -0.2) is 9.97 Å². The number of nitrogens with zero attached hydrogens (tertiary/aromatic N) is 3. The predicted octanol–water partition coefficient (Wildman–Crippen LogP) is 4.16. The van der Waals surface area contributed by atoms with Crippen LogP contribution in [0.3, 0.4) is 0 Å². The molecule has 0 fully saturated rings. The second kappa shape index (κ2) is 7.58. The van der Waals surface area contributed by atoms with E-state index in [-0.39, 0.29) is 5.92 Å². The molecule has 1 N–H and O–H groups in total. The lowest BCUT2D eigenvalue weighted by atomic mass is 9.95. The molecule has 4 rings (SSSR count). The third kappa shape index (κ3) is 3.67. The lowest BCUT2D eigenvalue weighted by Gasteiger charge is -2.17. The van der Waals surface area contributed by atoms with Gasteiger partial charge in [0, 0.05) is 48.0 Å². The van der Waals surface area contributed by atoms with Gasteiger partial charge in [0.05, 0.1) is 12.3 Å². The van der Waals surface area contributed by atoms with Crippen LogP contribution in [0.5, 0.6) is 5.75 Å². The van der Waals surface area contributed by atoms with Gasteiger partial charge in [-0.15, -0.1) is 6.58 Å². The summed E-state index contributed by atoms with van der Waals surface area (Å²) in [6, 6.07) is 12.3. The topological polar surface area (TPSA) is 59.9 Å². The average Bonchev–Trinajstić information content (AvgIpc) is 3.19. The van der Waals surface area contributed by atoms with E-state index >= 15 is 0 Å². The maximum Gasteiger partial charge on any atom is 0.129 e. The number of para-hydroxylation sites is 1. The van der Waals surface area contributed by atoms with Gasteiger partial charge in [-0.05, 0) is 24.6 Å². The Bertz CT molecular complexity index is 953. The second-order valence-corrected chi connectivity index (χ2v) is 6.63. The first-order chi connectivity index (χ1) is 13.2. The van der Waals surface area contributed by atoms with Crippen LogP contribution in [-0.4, -0.2) is 28.1 Å². The van der Waals surface area contributed by atoms with Crippen molar-refractivity contribution in [3.8, 4) is 17.0 Å².